The number of carbonyl (C=O) groups is 1. The fraction of sp³-hybridized carbons (Fsp3) is 0.214. The van der Waals surface area contributed by atoms with Gasteiger partial charge in [0.25, 0.3) is 5.91 Å². The molecule has 1 amide bonds. The van der Waals surface area contributed by atoms with Gasteiger partial charge in [0.15, 0.2) is 0 Å². The third kappa shape index (κ3) is 3.72. The van der Waals surface area contributed by atoms with E-state index in [1.807, 2.05) is 24.3 Å². The van der Waals surface area contributed by atoms with Gasteiger partial charge in [-0.3, -0.25) is 4.79 Å². The van der Waals surface area contributed by atoms with Crippen molar-refractivity contribution in [3.05, 3.63) is 56.7 Å². The van der Waals surface area contributed by atoms with Gasteiger partial charge in [-0.05, 0) is 29.8 Å². The van der Waals surface area contributed by atoms with Gasteiger partial charge in [0.05, 0.1) is 10.9 Å². The Balaban J connectivity index is 2.05. The molecule has 0 saturated heterocycles. The minimum absolute atomic E-state index is 0.00866. The summed E-state index contributed by atoms with van der Waals surface area (Å²) in [5, 5.41) is 0. The van der Waals surface area contributed by atoms with Crippen molar-refractivity contribution in [1.29, 1.82) is 0 Å². The van der Waals surface area contributed by atoms with E-state index in [1.54, 1.807) is 24.1 Å². The summed E-state index contributed by atoms with van der Waals surface area (Å²) in [4.78, 5) is 15.0. The molecule has 1 heterocycles. The van der Waals surface area contributed by atoms with Crippen molar-refractivity contribution in [3.8, 4) is 0 Å². The van der Waals surface area contributed by atoms with Crippen molar-refractivity contribution >= 4 is 40.4 Å². The van der Waals surface area contributed by atoms with Crippen molar-refractivity contribution in [2.45, 2.75) is 12.4 Å². The first-order valence-electron chi connectivity index (χ1n) is 5.74. The number of carbonyl (C=O) groups excluding carboxylic acids is 1. The summed E-state index contributed by atoms with van der Waals surface area (Å²) < 4.78 is 0.738. The van der Waals surface area contributed by atoms with E-state index in [4.69, 9.17) is 23.2 Å². The molecule has 0 aliphatic rings. The van der Waals surface area contributed by atoms with Gasteiger partial charge in [0, 0.05) is 23.4 Å². The molecule has 19 heavy (non-hydrogen) atoms. The van der Waals surface area contributed by atoms with Crippen LogP contribution in [0.4, 0.5) is 0 Å². The van der Waals surface area contributed by atoms with E-state index in [9.17, 15) is 4.79 Å². The van der Waals surface area contributed by atoms with Gasteiger partial charge in [-0.25, -0.2) is 0 Å². The Morgan fingerprint density at radius 3 is 2.42 bits per heavy atom. The highest BCUT2D eigenvalue weighted by atomic mass is 35.5. The number of hydrogen-bond acceptors (Lipinski definition) is 2. The SMILES string of the molecule is CN(Cc1ccc(Cl)s1)C(=O)c1ccc(CCl)cc1. The Kier molecular flexibility index (Phi) is 4.86. The Bertz CT molecular complexity index is 565. The predicted octanol–water partition coefficient (Wildman–Crippen LogP) is 4.41. The number of alkyl halides is 1. The summed E-state index contributed by atoms with van der Waals surface area (Å²) in [6.45, 7) is 0.563. The second-order valence-electron chi connectivity index (χ2n) is 4.20. The molecule has 0 fully saturated rings. The molecule has 0 saturated carbocycles. The van der Waals surface area contributed by atoms with Crippen LogP contribution in [0.15, 0.2) is 36.4 Å². The van der Waals surface area contributed by atoms with Crippen LogP contribution in [0, 0.1) is 0 Å². The van der Waals surface area contributed by atoms with Gasteiger partial charge in [-0.15, -0.1) is 22.9 Å². The van der Waals surface area contributed by atoms with Crippen molar-refractivity contribution in [2.75, 3.05) is 7.05 Å². The standard InChI is InChI=1S/C14H13Cl2NOS/c1-17(9-12-6-7-13(16)19-12)14(18)11-4-2-10(8-15)3-5-11/h2-7H,8-9H2,1H3. The molecule has 0 bridgehead atoms. The van der Waals surface area contributed by atoms with Crippen LogP contribution < -0.4 is 0 Å². The average molecular weight is 314 g/mol. The number of amides is 1. The van der Waals surface area contributed by atoms with Crippen LogP contribution in [0.25, 0.3) is 0 Å². The lowest BCUT2D eigenvalue weighted by Crippen LogP contribution is -2.25. The van der Waals surface area contributed by atoms with E-state index in [-0.39, 0.29) is 5.91 Å². The molecule has 0 aliphatic heterocycles. The van der Waals surface area contributed by atoms with E-state index in [0.717, 1.165) is 14.8 Å². The maximum Gasteiger partial charge on any atom is 0.253 e. The fourth-order valence-electron chi connectivity index (χ4n) is 1.70. The Labute approximate surface area is 126 Å². The third-order valence-corrected chi connectivity index (χ3v) is 4.25. The number of benzene rings is 1. The number of hydrogen-bond donors (Lipinski definition) is 0. The molecular weight excluding hydrogens is 301 g/mol. The van der Waals surface area contributed by atoms with Crippen molar-refractivity contribution in [1.82, 2.24) is 4.90 Å². The minimum Gasteiger partial charge on any atom is -0.337 e. The number of thiophene rings is 1. The van der Waals surface area contributed by atoms with Gasteiger partial charge < -0.3 is 4.90 Å². The molecule has 2 rings (SSSR count). The summed E-state index contributed by atoms with van der Waals surface area (Å²) in [5.41, 5.74) is 1.67. The Morgan fingerprint density at radius 2 is 1.89 bits per heavy atom. The number of rotatable bonds is 4. The van der Waals surface area contributed by atoms with E-state index in [2.05, 4.69) is 0 Å². The van der Waals surface area contributed by atoms with Crippen LogP contribution in [0.2, 0.25) is 4.34 Å². The molecular formula is C14H13Cl2NOS. The largest absolute Gasteiger partial charge is 0.337 e. The summed E-state index contributed by atoms with van der Waals surface area (Å²) >= 11 is 13.1. The zero-order valence-electron chi connectivity index (χ0n) is 10.4. The van der Waals surface area contributed by atoms with E-state index >= 15 is 0 Å². The van der Waals surface area contributed by atoms with Gasteiger partial charge in [-0.1, -0.05) is 23.7 Å². The van der Waals surface area contributed by atoms with Crippen LogP contribution in [-0.2, 0) is 12.4 Å². The smallest absolute Gasteiger partial charge is 0.253 e. The van der Waals surface area contributed by atoms with Gasteiger partial charge in [-0.2, -0.15) is 0 Å². The van der Waals surface area contributed by atoms with E-state index in [0.29, 0.717) is 18.0 Å². The first-order valence-corrected chi connectivity index (χ1v) is 7.47. The van der Waals surface area contributed by atoms with Gasteiger partial charge in [0.2, 0.25) is 0 Å². The maximum atomic E-state index is 12.2. The summed E-state index contributed by atoms with van der Waals surface area (Å²) in [6.07, 6.45) is 0. The highest BCUT2D eigenvalue weighted by Gasteiger charge is 2.12. The fourth-order valence-corrected chi connectivity index (χ4v) is 3.02. The first-order chi connectivity index (χ1) is 9.10. The van der Waals surface area contributed by atoms with Crippen LogP contribution in [0.5, 0.6) is 0 Å². The quantitative estimate of drug-likeness (QED) is 0.765. The number of nitrogens with zero attached hydrogens (tertiary/aromatic N) is 1. The van der Waals surface area contributed by atoms with Gasteiger partial charge >= 0.3 is 0 Å². The van der Waals surface area contributed by atoms with Crippen molar-refractivity contribution in [3.63, 3.8) is 0 Å². The highest BCUT2D eigenvalue weighted by Crippen LogP contribution is 2.22. The molecule has 0 atom stereocenters. The lowest BCUT2D eigenvalue weighted by molar-refractivity contribution is 0.0786. The Morgan fingerprint density at radius 1 is 1.21 bits per heavy atom. The minimum atomic E-state index is -0.00866. The molecule has 2 aromatic rings. The first kappa shape index (κ1) is 14.4. The molecule has 2 nitrogen and oxygen atoms in total. The third-order valence-electron chi connectivity index (χ3n) is 2.72. The molecule has 0 aliphatic carbocycles. The zero-order chi connectivity index (χ0) is 13.8. The molecule has 0 spiro atoms. The van der Waals surface area contributed by atoms with Crippen molar-refractivity contribution < 1.29 is 4.79 Å². The maximum absolute atomic E-state index is 12.2. The molecule has 1 aromatic heterocycles. The second kappa shape index (κ2) is 6.42. The summed E-state index contributed by atoms with van der Waals surface area (Å²) in [7, 11) is 1.78. The van der Waals surface area contributed by atoms with Gasteiger partial charge in [0.1, 0.15) is 0 Å². The predicted molar refractivity (Wildman–Crippen MR) is 81.1 cm³/mol. The molecule has 5 heteroatoms. The van der Waals surface area contributed by atoms with Crippen LogP contribution in [0.3, 0.4) is 0 Å². The summed E-state index contributed by atoms with van der Waals surface area (Å²) in [6, 6.07) is 11.1. The summed E-state index contributed by atoms with van der Waals surface area (Å²) in [5.74, 6) is 0.448. The lowest BCUT2D eigenvalue weighted by atomic mass is 10.1. The Hall–Kier alpha value is -1.03. The number of halogens is 2. The highest BCUT2D eigenvalue weighted by molar-refractivity contribution is 7.16. The monoisotopic (exact) mass is 313 g/mol. The molecule has 0 N–H and O–H groups in total. The molecule has 100 valence electrons. The van der Waals surface area contributed by atoms with E-state index < -0.39 is 0 Å². The normalized spacial score (nSPS) is 10.5. The van der Waals surface area contributed by atoms with E-state index in [1.165, 1.54) is 11.3 Å². The van der Waals surface area contributed by atoms with Crippen molar-refractivity contribution in [2.24, 2.45) is 0 Å². The lowest BCUT2D eigenvalue weighted by Gasteiger charge is -2.16. The zero-order valence-corrected chi connectivity index (χ0v) is 12.7. The van der Waals surface area contributed by atoms with Crippen LogP contribution >= 0.6 is 34.5 Å². The average Bonchev–Trinajstić information content (AvgIpc) is 2.83. The van der Waals surface area contributed by atoms with Crippen LogP contribution in [-0.4, -0.2) is 17.9 Å². The molecule has 1 aromatic carbocycles. The topological polar surface area (TPSA) is 20.3 Å². The second-order valence-corrected chi connectivity index (χ2v) is 6.26. The van der Waals surface area contributed by atoms with Crippen LogP contribution in [0.1, 0.15) is 20.8 Å². The molecule has 0 radical (unpaired) electrons. The molecule has 0 unspecified atom stereocenters.